The zero-order valence-electron chi connectivity index (χ0n) is 22.3. The standard InChI is InChI=1S/C28H39N3O3SSi.ClH/c1-28(2,3)36(24-11-7-5-8-12-24,25-13-9-6-10-14-25)34-19-22-15-17-31-18-16-23(30-27(31)29-22)20-35-21-26(32)33-4;/h5-14,22-23H,15-21H2,1-4H3,(H,29,30);1H/t22-,23-;/m0./s1. The van der Waals surface area contributed by atoms with Gasteiger partial charge in [0.15, 0.2) is 0 Å². The molecule has 2 N–H and O–H groups in total. The number of thioether (sulfide) groups is 1. The molecule has 2 aliphatic heterocycles. The molecule has 0 saturated heterocycles. The highest BCUT2D eigenvalue weighted by atomic mass is 35.5. The number of nitrogens with one attached hydrogen (secondary N) is 2. The molecule has 2 aromatic rings. The van der Waals surface area contributed by atoms with Gasteiger partial charge in [0.1, 0.15) is 0 Å². The molecule has 2 heterocycles. The maximum Gasteiger partial charge on any atom is 0.346 e. The van der Waals surface area contributed by atoms with Crippen LogP contribution in [0.1, 0.15) is 33.6 Å². The normalized spacial score (nSPS) is 19.7. The van der Waals surface area contributed by atoms with Gasteiger partial charge in [0, 0.05) is 18.6 Å². The summed E-state index contributed by atoms with van der Waals surface area (Å²) < 4.78 is 14.3. The number of rotatable bonds is 9. The van der Waals surface area contributed by atoms with Crippen molar-refractivity contribution >= 4 is 42.4 Å². The molecule has 0 spiro atoms. The number of benzene rings is 2. The molecule has 0 aromatic heterocycles. The second kappa shape index (κ2) is 13.2. The van der Waals surface area contributed by atoms with E-state index in [1.807, 2.05) is 0 Å². The number of methoxy groups -OCH3 is 1. The van der Waals surface area contributed by atoms with E-state index in [9.17, 15) is 4.79 Å². The lowest BCUT2D eigenvalue weighted by atomic mass is 10.1. The minimum Gasteiger partial charge on any atom is -1.00 e. The van der Waals surface area contributed by atoms with E-state index >= 15 is 0 Å². The molecule has 2 aromatic carbocycles. The van der Waals surface area contributed by atoms with Crippen molar-refractivity contribution in [3.05, 3.63) is 60.7 Å². The summed E-state index contributed by atoms with van der Waals surface area (Å²) in [4.78, 5) is 11.5. The summed E-state index contributed by atoms with van der Waals surface area (Å²) in [7, 11) is -1.11. The van der Waals surface area contributed by atoms with E-state index in [0.717, 1.165) is 37.6 Å². The monoisotopic (exact) mass is 561 g/mol. The first kappa shape index (κ1) is 29.6. The van der Waals surface area contributed by atoms with Crippen LogP contribution >= 0.6 is 11.8 Å². The molecule has 2 aliphatic rings. The lowest BCUT2D eigenvalue weighted by molar-refractivity contribution is -0.542. The third-order valence-corrected chi connectivity index (χ3v) is 13.3. The van der Waals surface area contributed by atoms with E-state index in [2.05, 4.69) is 96.6 Å². The highest BCUT2D eigenvalue weighted by molar-refractivity contribution is 7.99. The van der Waals surface area contributed by atoms with Crippen molar-refractivity contribution in [1.82, 2.24) is 10.6 Å². The Morgan fingerprint density at radius 3 is 2.05 bits per heavy atom. The van der Waals surface area contributed by atoms with Gasteiger partial charge in [-0.25, -0.2) is 0 Å². The number of carbonyl (C=O) groups excluding carboxylic acids is 1. The number of carbonyl (C=O) groups is 1. The first-order chi connectivity index (χ1) is 17.3. The number of halogens is 1. The Labute approximate surface area is 233 Å². The van der Waals surface area contributed by atoms with Crippen LogP contribution in [0.15, 0.2) is 60.7 Å². The highest BCUT2D eigenvalue weighted by Crippen LogP contribution is 2.36. The fourth-order valence-corrected chi connectivity index (χ4v) is 10.8. The lowest BCUT2D eigenvalue weighted by Crippen LogP contribution is -3.00. The molecule has 0 unspecified atom stereocenters. The first-order valence-corrected chi connectivity index (χ1v) is 15.9. The van der Waals surface area contributed by atoms with Gasteiger partial charge in [-0.05, 0) is 15.4 Å². The second-order valence-electron chi connectivity index (χ2n) is 10.7. The van der Waals surface area contributed by atoms with E-state index in [1.54, 1.807) is 11.8 Å². The molecular weight excluding hydrogens is 522 g/mol. The number of hydrogen-bond acceptors (Lipinski definition) is 6. The van der Waals surface area contributed by atoms with Gasteiger partial charge in [-0.1, -0.05) is 81.4 Å². The van der Waals surface area contributed by atoms with Gasteiger partial charge in [-0.3, -0.25) is 20.0 Å². The average Bonchev–Trinajstić information content (AvgIpc) is 2.89. The van der Waals surface area contributed by atoms with E-state index in [1.165, 1.54) is 17.5 Å². The van der Waals surface area contributed by atoms with Gasteiger partial charge in [0.2, 0.25) is 0 Å². The molecule has 202 valence electrons. The van der Waals surface area contributed by atoms with Crippen LogP contribution in [0.5, 0.6) is 0 Å². The Hall–Kier alpha value is -2.00. The Bertz CT molecular complexity index is 1010. The van der Waals surface area contributed by atoms with Crippen LogP contribution in [0.2, 0.25) is 5.04 Å². The SMILES string of the molecule is COC(=O)CSC[C@@H]1CC[N+]2=C(N[C@H](CO[Si](c3ccccc3)(c3ccccc3)C(C)(C)C)CC2)N1.[Cl-]. The third kappa shape index (κ3) is 6.91. The van der Waals surface area contributed by atoms with Crippen molar-refractivity contribution in [1.29, 1.82) is 0 Å². The van der Waals surface area contributed by atoms with Gasteiger partial charge in [-0.15, -0.1) is 11.8 Å². The molecule has 0 saturated carbocycles. The molecule has 37 heavy (non-hydrogen) atoms. The summed E-state index contributed by atoms with van der Waals surface area (Å²) in [6, 6.07) is 22.3. The molecule has 0 aliphatic carbocycles. The zero-order chi connectivity index (χ0) is 25.6. The van der Waals surface area contributed by atoms with Crippen molar-refractivity contribution in [2.24, 2.45) is 0 Å². The lowest BCUT2D eigenvalue weighted by Gasteiger charge is -2.44. The van der Waals surface area contributed by atoms with Crippen LogP contribution in [0.25, 0.3) is 0 Å². The summed E-state index contributed by atoms with van der Waals surface area (Å²) in [5, 5.41) is 10.0. The van der Waals surface area contributed by atoms with Crippen LogP contribution < -0.4 is 33.4 Å². The quantitative estimate of drug-likeness (QED) is 0.246. The molecule has 0 amide bonds. The predicted molar refractivity (Wildman–Crippen MR) is 151 cm³/mol. The summed E-state index contributed by atoms with van der Waals surface area (Å²) in [5.74, 6) is 2.22. The van der Waals surface area contributed by atoms with Crippen LogP contribution in [0.4, 0.5) is 0 Å². The van der Waals surface area contributed by atoms with Gasteiger partial charge in [-0.2, -0.15) is 0 Å². The molecule has 4 rings (SSSR count). The van der Waals surface area contributed by atoms with Crippen molar-refractivity contribution in [2.45, 2.75) is 50.7 Å². The summed E-state index contributed by atoms with van der Waals surface area (Å²) in [5.41, 5.74) is 0. The zero-order valence-corrected chi connectivity index (χ0v) is 24.9. The Kier molecular flexibility index (Phi) is 10.5. The number of ether oxygens (including phenoxy) is 1. The topological polar surface area (TPSA) is 62.6 Å². The van der Waals surface area contributed by atoms with Crippen molar-refractivity contribution in [2.75, 3.05) is 38.3 Å². The maximum absolute atomic E-state index is 11.5. The predicted octanol–water partition coefficient (Wildman–Crippen LogP) is -0.434. The van der Waals surface area contributed by atoms with E-state index in [0.29, 0.717) is 18.4 Å². The van der Waals surface area contributed by atoms with Gasteiger partial charge >= 0.3 is 11.9 Å². The smallest absolute Gasteiger partial charge is 0.346 e. The summed E-state index contributed by atoms with van der Waals surface area (Å²) >= 11 is 1.63. The molecule has 0 fully saturated rings. The number of hydrogen-bond donors (Lipinski definition) is 2. The summed E-state index contributed by atoms with van der Waals surface area (Å²) in [6.07, 6.45) is 2.12. The second-order valence-corrected chi connectivity index (χ2v) is 16.0. The minimum absolute atomic E-state index is 0. The van der Waals surface area contributed by atoms with Crippen LogP contribution in [0, 0.1) is 0 Å². The number of esters is 1. The molecule has 0 bridgehead atoms. The van der Waals surface area contributed by atoms with Crippen molar-refractivity contribution in [3.63, 3.8) is 0 Å². The van der Waals surface area contributed by atoms with Crippen LogP contribution in [0.3, 0.4) is 0 Å². The fraction of sp³-hybridized carbons (Fsp3) is 0.500. The molecule has 0 radical (unpaired) electrons. The van der Waals surface area contributed by atoms with Gasteiger partial charge < -0.3 is 21.6 Å². The Morgan fingerprint density at radius 1 is 0.973 bits per heavy atom. The van der Waals surface area contributed by atoms with Gasteiger partial charge in [0.05, 0.1) is 44.6 Å². The van der Waals surface area contributed by atoms with Crippen LogP contribution in [-0.4, -0.2) is 75.2 Å². The highest BCUT2D eigenvalue weighted by Gasteiger charge is 2.50. The Balaban J connectivity index is 0.00000380. The Morgan fingerprint density at radius 2 is 1.51 bits per heavy atom. The fourth-order valence-electron chi connectivity index (χ4n) is 5.29. The maximum atomic E-state index is 11.5. The number of guanidine groups is 1. The van der Waals surface area contributed by atoms with Gasteiger partial charge in [0.25, 0.3) is 8.32 Å². The molecule has 9 heteroatoms. The average molecular weight is 562 g/mol. The largest absolute Gasteiger partial charge is 1.00 e. The van der Waals surface area contributed by atoms with E-state index < -0.39 is 8.32 Å². The third-order valence-electron chi connectivity index (χ3n) is 7.18. The molecular formula is C28H40ClN3O3SSi. The van der Waals surface area contributed by atoms with Crippen molar-refractivity contribution < 1.29 is 30.9 Å². The number of nitrogens with zero attached hydrogens (tertiary/aromatic N) is 1. The van der Waals surface area contributed by atoms with Crippen molar-refractivity contribution in [3.8, 4) is 0 Å². The van der Waals surface area contributed by atoms with E-state index in [-0.39, 0.29) is 29.5 Å². The van der Waals surface area contributed by atoms with E-state index in [4.69, 9.17) is 9.16 Å². The molecule has 2 atom stereocenters. The first-order valence-electron chi connectivity index (χ1n) is 12.9. The molecule has 6 nitrogen and oxygen atoms in total. The van der Waals surface area contributed by atoms with Crippen LogP contribution in [-0.2, 0) is 14.0 Å². The summed E-state index contributed by atoms with van der Waals surface area (Å²) in [6.45, 7) is 9.68. The minimum atomic E-state index is -2.55.